The summed E-state index contributed by atoms with van der Waals surface area (Å²) >= 11 is 0. The van der Waals surface area contributed by atoms with Crippen molar-refractivity contribution < 1.29 is 107 Å². The van der Waals surface area contributed by atoms with Crippen LogP contribution < -0.4 is 0 Å². The third kappa shape index (κ3) is 26.7. The van der Waals surface area contributed by atoms with Crippen LogP contribution in [-0.2, 0) is 101 Å². The van der Waals surface area contributed by atoms with E-state index in [1.165, 1.54) is 71.9 Å². The van der Waals surface area contributed by atoms with Crippen molar-refractivity contribution in [1.29, 1.82) is 0 Å². The van der Waals surface area contributed by atoms with Gasteiger partial charge < -0.3 is 39.5 Å². The summed E-state index contributed by atoms with van der Waals surface area (Å²) in [5.74, 6) is 0. The van der Waals surface area contributed by atoms with Gasteiger partial charge in [0.1, 0.15) is 0 Å². The third-order valence-electron chi connectivity index (χ3n) is 21.3. The maximum atomic E-state index is 8.19. The zero-order chi connectivity index (χ0) is 92.3. The second-order valence-corrected chi connectivity index (χ2v) is 29.9. The molecule has 0 aliphatic heterocycles. The van der Waals surface area contributed by atoms with Crippen molar-refractivity contribution in [1.82, 2.24) is 39.5 Å². The molecule has 8 nitrogen and oxygen atoms in total. The summed E-state index contributed by atoms with van der Waals surface area (Å²) in [7, 11) is 0. The van der Waals surface area contributed by atoms with Gasteiger partial charge in [0.2, 0.25) is 0 Å². The van der Waals surface area contributed by atoms with Crippen LogP contribution >= 0.6 is 0 Å². The van der Waals surface area contributed by atoms with Crippen molar-refractivity contribution in [2.45, 2.75) is 27.7 Å². The van der Waals surface area contributed by atoms with E-state index >= 15 is 0 Å². The largest absolute Gasteiger partial charge is 0.327 e. The van der Waals surface area contributed by atoms with Crippen molar-refractivity contribution >= 4 is 32.6 Å². The SMILES string of the molecule is Cc1cc(-c2[c-]cccc2)ncc1-c1ccccc1.Cc1cc(-c2ccccn2)[c-]cc1-c1ccccc1.Cc1ccccc1-c1ccnc(-c2[c-]cccc2)c1.[2H]c1c([2H])c([2H])c(-c2cnc(-c3[c-]ccc4ccccc34)cc2C)c([2H])c1[2H].[Ir].[Ir].[Ir].[Ir].[Ir].[c-]1ccc(-n2c3ccccc3c3ccccc32)cc1-c1ccccn1.[c-]1ccccc1-c1ccccn1.[c-]1ccccc1-c1ccccn1. The van der Waals surface area contributed by atoms with E-state index in [2.05, 4.69) is 254 Å². The van der Waals surface area contributed by atoms with Gasteiger partial charge in [0.15, 0.2) is 0 Å². The van der Waals surface area contributed by atoms with Crippen LogP contribution in [-0.4, -0.2) is 39.5 Å². The number of para-hydroxylation sites is 2. The number of rotatable bonds is 12. The molecule has 0 bridgehead atoms. The predicted molar refractivity (Wildman–Crippen MR) is 532 cm³/mol. The predicted octanol–water partition coefficient (Wildman–Crippen LogP) is 30.0. The maximum absolute atomic E-state index is 8.19. The van der Waals surface area contributed by atoms with Gasteiger partial charge in [-0.1, -0.05) is 266 Å². The van der Waals surface area contributed by atoms with Crippen LogP contribution in [0, 0.1) is 70.2 Å². The molecule has 0 fully saturated rings. The Bertz CT molecular complexity index is 7290. The summed E-state index contributed by atoms with van der Waals surface area (Å²) < 4.78 is 42.2. The number of hydrogen-bond donors (Lipinski definition) is 0. The number of aryl methyl sites for hydroxylation is 4. The third-order valence-corrected chi connectivity index (χ3v) is 21.3. The molecule has 13 heteroatoms. The first-order valence-corrected chi connectivity index (χ1v) is 42.4. The van der Waals surface area contributed by atoms with Crippen LogP contribution in [0.25, 0.3) is 162 Å². The van der Waals surface area contributed by atoms with Crippen molar-refractivity contribution in [3.63, 3.8) is 0 Å². The molecule has 14 aromatic carbocycles. The van der Waals surface area contributed by atoms with Crippen LogP contribution in [0.2, 0.25) is 0 Å². The zero-order valence-corrected chi connectivity index (χ0v) is 85.3. The van der Waals surface area contributed by atoms with Gasteiger partial charge in [-0.2, -0.15) is 0 Å². The quantitative estimate of drug-likeness (QED) is 0.112. The summed E-state index contributed by atoms with van der Waals surface area (Å²) in [6.07, 6.45) is 12.6. The molecule has 0 N–H and O–H groups in total. The smallest absolute Gasteiger partial charge is 0.0629 e. The summed E-state index contributed by atoms with van der Waals surface area (Å²) in [4.78, 5) is 30.8. The van der Waals surface area contributed by atoms with Crippen LogP contribution in [0.4, 0.5) is 0 Å². The molecule has 134 heavy (non-hydrogen) atoms. The van der Waals surface area contributed by atoms with E-state index in [0.717, 1.165) is 101 Å². The molecule has 0 saturated heterocycles. The van der Waals surface area contributed by atoms with Gasteiger partial charge in [0.25, 0.3) is 0 Å². The molecule has 0 saturated carbocycles. The Labute approximate surface area is 860 Å². The van der Waals surface area contributed by atoms with Crippen molar-refractivity contribution in [3.8, 4) is 129 Å². The maximum Gasteiger partial charge on any atom is 0.0629 e. The average molecular weight is 2620 g/mol. The molecule has 8 aromatic heterocycles. The Hall–Kier alpha value is -13.6. The molecule has 0 aliphatic rings. The molecule has 0 aliphatic carbocycles. The van der Waals surface area contributed by atoms with Gasteiger partial charge in [0.05, 0.1) is 17.9 Å². The fourth-order valence-corrected chi connectivity index (χ4v) is 14.9. The summed E-state index contributed by atoms with van der Waals surface area (Å²) in [5.41, 5.74) is 29.6. The topological polar surface area (TPSA) is 95.2 Å². The van der Waals surface area contributed by atoms with Gasteiger partial charge in [-0.3, -0.25) is 0 Å². The molecule has 0 amide bonds. The second kappa shape index (κ2) is 52.0. The van der Waals surface area contributed by atoms with Crippen LogP contribution in [0.1, 0.15) is 29.1 Å². The van der Waals surface area contributed by atoms with Gasteiger partial charge >= 0.3 is 0 Å². The molecule has 665 valence electrons. The molecule has 0 unspecified atom stereocenters. The Kier molecular flexibility index (Phi) is 36.4. The molecular weight excluding hydrogens is 2530 g/mol. The van der Waals surface area contributed by atoms with E-state index in [9.17, 15) is 0 Å². The van der Waals surface area contributed by atoms with E-state index in [0.29, 0.717) is 5.56 Å². The van der Waals surface area contributed by atoms with Crippen molar-refractivity contribution in [3.05, 3.63) is 533 Å². The van der Waals surface area contributed by atoms with Crippen LogP contribution in [0.3, 0.4) is 0 Å². The molecule has 0 atom stereocenters. The first-order chi connectivity index (χ1) is 65.8. The van der Waals surface area contributed by atoms with Gasteiger partial charge in [-0.05, 0) is 148 Å². The number of pyridine rings is 7. The Morgan fingerprint density at radius 2 is 0.634 bits per heavy atom. The second-order valence-electron chi connectivity index (χ2n) is 29.9. The van der Waals surface area contributed by atoms with E-state index in [4.69, 9.17) is 6.85 Å². The average Bonchev–Trinajstić information content (AvgIpc) is 1.59. The normalized spacial score (nSPS) is 10.6. The number of aromatic nitrogens is 8. The molecule has 5 radical (unpaired) electrons. The fourth-order valence-electron chi connectivity index (χ4n) is 14.9. The summed E-state index contributed by atoms with van der Waals surface area (Å²) in [6.45, 7) is 8.23. The molecule has 22 aromatic rings. The van der Waals surface area contributed by atoms with Gasteiger partial charge in [0, 0.05) is 166 Å². The first-order valence-electron chi connectivity index (χ1n) is 44.9. The minimum absolute atomic E-state index is 0. The number of fused-ring (bicyclic) bond motifs is 4. The minimum Gasteiger partial charge on any atom is -0.327 e. The van der Waals surface area contributed by atoms with Gasteiger partial charge in [-0.25, -0.2) is 0 Å². The van der Waals surface area contributed by atoms with Crippen LogP contribution in [0.5, 0.6) is 0 Å². The van der Waals surface area contributed by atoms with E-state index in [1.807, 2.05) is 274 Å². The molecular formula is C121H89Ir5N8-7. The molecule has 22 rings (SSSR count). The van der Waals surface area contributed by atoms with E-state index < -0.39 is 6.04 Å². The number of benzene rings is 14. The first kappa shape index (κ1) is 93.7. The number of nitrogens with zero attached hydrogens (tertiary/aromatic N) is 8. The Morgan fingerprint density at radius 3 is 1.13 bits per heavy atom. The molecule has 0 spiro atoms. The van der Waals surface area contributed by atoms with Gasteiger partial charge in [-0.15, -0.1) is 232 Å². The fraction of sp³-hybridized carbons (Fsp3) is 0.0331. The van der Waals surface area contributed by atoms with E-state index in [1.54, 1.807) is 18.6 Å². The monoisotopic (exact) mass is 2620 g/mol. The summed E-state index contributed by atoms with van der Waals surface area (Å²) in [5, 5.41) is 4.66. The standard InChI is InChI=1S/C23H15N2.C22H16N.3C18H14N.2C11H8N.5Ir/c1-3-13-22-19(10-1)20-11-2-4-14-23(20)25(22)18-9-7-8-17(16-18)21-12-5-6-15-24-21;1-16-14-22(23-15-21(16)18-8-3-2-4-9-18)20-13-7-11-17-10-5-6-12-19(17)20;1-14-12-18(16-10-6-3-7-11-16)19-13-17(14)15-8-4-2-5-9-15;1-14-7-5-6-10-17(14)16-11-12-19-18(13-16)15-8-3-2-4-9-15;1-14-13-16(18-9-5-6-12-19-18)10-11-17(14)15-7-3-2-4-8-15;2*1-2-6-10(7-3-1)11-8-4-5-9-12-11;;;;;/h1-7,9-16H;2-12,14-15H,1H3;2-10,12-13H,1H3;2-8,10-13H,1H3;2-9,11-13H,1H3;2*1-6,8-9H;;;;;/q7*-1;;;;;/i;2D,3D,4D,8D,9D;;;;;;;;;;. The summed E-state index contributed by atoms with van der Waals surface area (Å²) in [6, 6.07) is 153. The molecule has 8 heterocycles. The van der Waals surface area contributed by atoms with Crippen molar-refractivity contribution in [2.24, 2.45) is 0 Å². The van der Waals surface area contributed by atoms with Crippen LogP contribution in [0.15, 0.2) is 468 Å². The van der Waals surface area contributed by atoms with E-state index in [-0.39, 0.29) is 130 Å². The number of hydrogen-bond acceptors (Lipinski definition) is 7. The Morgan fingerprint density at radius 1 is 0.239 bits per heavy atom. The minimum atomic E-state index is -0.397. The van der Waals surface area contributed by atoms with Crippen molar-refractivity contribution in [2.75, 3.05) is 0 Å². The zero-order valence-electron chi connectivity index (χ0n) is 78.3. The Balaban J connectivity index is 0.000000157.